The molecule has 0 fully saturated rings. The summed E-state index contributed by atoms with van der Waals surface area (Å²) < 4.78 is 18.1. The first-order valence-corrected chi connectivity index (χ1v) is 6.18. The van der Waals surface area contributed by atoms with E-state index < -0.39 is 16.4 Å². The fourth-order valence-corrected chi connectivity index (χ4v) is 1.79. The van der Waals surface area contributed by atoms with Crippen LogP contribution in [-0.4, -0.2) is 17.3 Å². The molecule has 21 heavy (non-hydrogen) atoms. The van der Waals surface area contributed by atoms with Gasteiger partial charge in [0.15, 0.2) is 11.5 Å². The third-order valence-electron chi connectivity index (χ3n) is 2.75. The van der Waals surface area contributed by atoms with Gasteiger partial charge in [0.05, 0.1) is 11.0 Å². The number of Topliss-reactive ketones (excluding diaryl/α,β-unsaturated/α-hetero) is 1. The number of hydrogen-bond acceptors (Lipinski definition) is 4. The van der Waals surface area contributed by atoms with Crippen LogP contribution in [0.15, 0.2) is 48.5 Å². The summed E-state index contributed by atoms with van der Waals surface area (Å²) in [4.78, 5) is 21.8. The number of halogens is 1. The van der Waals surface area contributed by atoms with Crippen LogP contribution in [0.3, 0.4) is 0 Å². The van der Waals surface area contributed by atoms with Gasteiger partial charge in [0, 0.05) is 6.42 Å². The molecule has 0 radical (unpaired) electrons. The lowest BCUT2D eigenvalue weighted by atomic mass is 10.1. The highest BCUT2D eigenvalue weighted by Crippen LogP contribution is 2.27. The molecular weight excluding hydrogens is 277 g/mol. The van der Waals surface area contributed by atoms with Gasteiger partial charge in [-0.1, -0.05) is 30.3 Å². The van der Waals surface area contributed by atoms with Gasteiger partial charge in [0.2, 0.25) is 0 Å². The minimum absolute atomic E-state index is 0.122. The van der Waals surface area contributed by atoms with Crippen molar-refractivity contribution in [2.75, 3.05) is 6.61 Å². The molecule has 0 saturated carbocycles. The predicted octanol–water partition coefficient (Wildman–Crippen LogP) is 2.92. The topological polar surface area (TPSA) is 69.4 Å². The Labute approximate surface area is 120 Å². The van der Waals surface area contributed by atoms with E-state index in [1.807, 2.05) is 18.2 Å². The Morgan fingerprint density at radius 1 is 1.19 bits per heavy atom. The van der Waals surface area contributed by atoms with E-state index >= 15 is 0 Å². The molecule has 0 aromatic heterocycles. The number of benzene rings is 2. The number of carbonyl (C=O) groups is 1. The third-order valence-corrected chi connectivity index (χ3v) is 2.75. The molecule has 0 aliphatic rings. The van der Waals surface area contributed by atoms with Crippen molar-refractivity contribution < 1.29 is 18.8 Å². The molecule has 2 rings (SSSR count). The van der Waals surface area contributed by atoms with Crippen LogP contribution in [-0.2, 0) is 11.2 Å². The van der Waals surface area contributed by atoms with Crippen LogP contribution >= 0.6 is 0 Å². The van der Waals surface area contributed by atoms with E-state index in [1.54, 1.807) is 12.1 Å². The van der Waals surface area contributed by atoms with Gasteiger partial charge in [-0.15, -0.1) is 0 Å². The summed E-state index contributed by atoms with van der Waals surface area (Å²) in [6.45, 7) is -0.304. The van der Waals surface area contributed by atoms with E-state index in [4.69, 9.17) is 4.74 Å². The highest BCUT2D eigenvalue weighted by atomic mass is 19.1. The molecule has 2 aromatic carbocycles. The number of ketones is 1. The molecule has 0 saturated heterocycles. The summed E-state index contributed by atoms with van der Waals surface area (Å²) in [7, 11) is 0. The minimum atomic E-state index is -0.750. The Bertz CT molecular complexity index is 658. The van der Waals surface area contributed by atoms with Gasteiger partial charge >= 0.3 is 5.69 Å². The zero-order chi connectivity index (χ0) is 15.2. The molecule has 108 valence electrons. The lowest BCUT2D eigenvalue weighted by molar-refractivity contribution is -0.386. The first-order valence-electron chi connectivity index (χ1n) is 6.18. The van der Waals surface area contributed by atoms with Crippen LogP contribution in [0.1, 0.15) is 5.56 Å². The van der Waals surface area contributed by atoms with Crippen molar-refractivity contribution in [1.29, 1.82) is 0 Å². The van der Waals surface area contributed by atoms with Crippen molar-refractivity contribution in [1.82, 2.24) is 0 Å². The second kappa shape index (κ2) is 6.60. The second-order valence-corrected chi connectivity index (χ2v) is 4.36. The van der Waals surface area contributed by atoms with Crippen molar-refractivity contribution >= 4 is 11.5 Å². The standard InChI is InChI=1S/C15H12FNO4/c16-12-6-7-15(14(9-12)17(19)20)21-10-13(18)8-11-4-2-1-3-5-11/h1-7,9H,8,10H2. The van der Waals surface area contributed by atoms with E-state index in [1.165, 1.54) is 0 Å². The lowest BCUT2D eigenvalue weighted by Gasteiger charge is -2.06. The Balaban J connectivity index is 2.00. The lowest BCUT2D eigenvalue weighted by Crippen LogP contribution is -2.14. The molecule has 0 N–H and O–H groups in total. The SMILES string of the molecule is O=C(COc1ccc(F)cc1[N+](=O)[O-])Cc1ccccc1. The van der Waals surface area contributed by atoms with Crippen molar-refractivity contribution in [3.05, 3.63) is 70.0 Å². The van der Waals surface area contributed by atoms with Crippen molar-refractivity contribution in [2.24, 2.45) is 0 Å². The van der Waals surface area contributed by atoms with Crippen LogP contribution in [0.2, 0.25) is 0 Å². The maximum atomic E-state index is 13.0. The normalized spacial score (nSPS) is 10.1. The predicted molar refractivity (Wildman–Crippen MR) is 73.7 cm³/mol. The number of nitro groups is 1. The number of ether oxygens (including phenoxy) is 1. The summed E-state index contributed by atoms with van der Waals surface area (Å²) >= 11 is 0. The Morgan fingerprint density at radius 3 is 2.57 bits per heavy atom. The summed E-state index contributed by atoms with van der Waals surface area (Å²) in [5, 5.41) is 10.8. The molecule has 5 nitrogen and oxygen atoms in total. The third kappa shape index (κ3) is 4.10. The van der Waals surface area contributed by atoms with Crippen LogP contribution in [0, 0.1) is 15.9 Å². The smallest absolute Gasteiger partial charge is 0.313 e. The van der Waals surface area contributed by atoms with Crippen LogP contribution < -0.4 is 4.74 Å². The average molecular weight is 289 g/mol. The highest BCUT2D eigenvalue weighted by Gasteiger charge is 2.17. The molecule has 0 aliphatic heterocycles. The highest BCUT2D eigenvalue weighted by molar-refractivity contribution is 5.82. The number of nitrogens with zero attached hydrogens (tertiary/aromatic N) is 1. The van der Waals surface area contributed by atoms with E-state index in [0.29, 0.717) is 0 Å². The quantitative estimate of drug-likeness (QED) is 0.605. The molecule has 0 heterocycles. The summed E-state index contributed by atoms with van der Waals surface area (Å²) in [6, 6.07) is 12.0. The maximum Gasteiger partial charge on any atom is 0.313 e. The summed E-state index contributed by atoms with van der Waals surface area (Å²) in [6.07, 6.45) is 0.176. The molecule has 0 amide bonds. The molecule has 2 aromatic rings. The minimum Gasteiger partial charge on any atom is -0.479 e. The van der Waals surface area contributed by atoms with Gasteiger partial charge < -0.3 is 4.74 Å². The zero-order valence-corrected chi connectivity index (χ0v) is 11.0. The Kier molecular flexibility index (Phi) is 4.61. The average Bonchev–Trinajstić information content (AvgIpc) is 2.47. The summed E-state index contributed by atoms with van der Waals surface area (Å²) in [5.74, 6) is -1.08. The van der Waals surface area contributed by atoms with Gasteiger partial charge in [-0.25, -0.2) is 4.39 Å². The van der Waals surface area contributed by atoms with Crippen LogP contribution in [0.25, 0.3) is 0 Å². The molecule has 0 aliphatic carbocycles. The van der Waals surface area contributed by atoms with Crippen molar-refractivity contribution in [2.45, 2.75) is 6.42 Å². The van der Waals surface area contributed by atoms with Gasteiger partial charge in [-0.05, 0) is 17.7 Å². The number of hydrogen-bond donors (Lipinski definition) is 0. The van der Waals surface area contributed by atoms with Gasteiger partial charge in [0.1, 0.15) is 12.4 Å². The van der Waals surface area contributed by atoms with Gasteiger partial charge in [0.25, 0.3) is 0 Å². The van der Waals surface area contributed by atoms with Crippen LogP contribution in [0.5, 0.6) is 5.75 Å². The first-order chi connectivity index (χ1) is 10.1. The molecular formula is C15H12FNO4. The Hall–Kier alpha value is -2.76. The number of rotatable bonds is 6. The van der Waals surface area contributed by atoms with Gasteiger partial charge in [-0.2, -0.15) is 0 Å². The molecule has 0 atom stereocenters. The first kappa shape index (κ1) is 14.6. The molecule has 0 bridgehead atoms. The molecule has 6 heteroatoms. The molecule has 0 spiro atoms. The fraction of sp³-hybridized carbons (Fsp3) is 0.133. The largest absolute Gasteiger partial charge is 0.479 e. The van der Waals surface area contributed by atoms with Crippen LogP contribution in [0.4, 0.5) is 10.1 Å². The fourth-order valence-electron chi connectivity index (χ4n) is 1.79. The van der Waals surface area contributed by atoms with Gasteiger partial charge in [-0.3, -0.25) is 14.9 Å². The number of nitro benzene ring substituents is 1. The van der Waals surface area contributed by atoms with E-state index in [-0.39, 0.29) is 24.6 Å². The van der Waals surface area contributed by atoms with Crippen molar-refractivity contribution in [3.8, 4) is 5.75 Å². The van der Waals surface area contributed by atoms with Crippen molar-refractivity contribution in [3.63, 3.8) is 0 Å². The zero-order valence-electron chi connectivity index (χ0n) is 11.0. The van der Waals surface area contributed by atoms with E-state index in [2.05, 4.69) is 0 Å². The maximum absolute atomic E-state index is 13.0. The van der Waals surface area contributed by atoms with E-state index in [0.717, 1.165) is 23.8 Å². The summed E-state index contributed by atoms with van der Waals surface area (Å²) in [5.41, 5.74) is 0.335. The van der Waals surface area contributed by atoms with E-state index in [9.17, 15) is 19.3 Å². The Morgan fingerprint density at radius 2 is 1.90 bits per heavy atom. The molecule has 0 unspecified atom stereocenters. The second-order valence-electron chi connectivity index (χ2n) is 4.36. The number of carbonyl (C=O) groups excluding carboxylic acids is 1. The monoisotopic (exact) mass is 289 g/mol.